The van der Waals surface area contributed by atoms with Gasteiger partial charge < -0.3 is 10.1 Å². The fourth-order valence-corrected chi connectivity index (χ4v) is 4.97. The van der Waals surface area contributed by atoms with Crippen LogP contribution in [-0.4, -0.2) is 15.9 Å². The van der Waals surface area contributed by atoms with Crippen molar-refractivity contribution in [3.63, 3.8) is 0 Å². The summed E-state index contributed by atoms with van der Waals surface area (Å²) in [6.45, 7) is 23.7. The summed E-state index contributed by atoms with van der Waals surface area (Å²) >= 11 is 0. The Hall–Kier alpha value is -2.29. The van der Waals surface area contributed by atoms with Gasteiger partial charge in [0, 0.05) is 44.2 Å². The number of aliphatic hydroxyl groups excluding tert-OH is 1. The SMILES string of the molecule is CC(C)Cc1[c-]c(-c2nccc3cc(CC(C)(C)C)ccc23)cc(CC(C)C)c1.CCC(C)C(=O)/C=C(\O)C(C)CC.[Ir]. The smallest absolute Gasteiger partial charge is 0.161 e. The average molecular weight is 763 g/mol. The van der Waals surface area contributed by atoms with E-state index < -0.39 is 0 Å². The van der Waals surface area contributed by atoms with Crippen molar-refractivity contribution in [1.82, 2.24) is 4.98 Å². The number of allylic oxidation sites excluding steroid dienone is 2. The Kier molecular flexibility index (Phi) is 16.1. The summed E-state index contributed by atoms with van der Waals surface area (Å²) < 4.78 is 0. The molecule has 2 unspecified atom stereocenters. The second kappa shape index (κ2) is 17.9. The van der Waals surface area contributed by atoms with Crippen molar-refractivity contribution in [2.45, 2.75) is 108 Å². The molecule has 3 nitrogen and oxygen atoms in total. The molecule has 4 heteroatoms. The average Bonchev–Trinajstić information content (AvgIpc) is 2.90. The van der Waals surface area contributed by atoms with E-state index in [0.29, 0.717) is 11.8 Å². The molecule has 0 bridgehead atoms. The van der Waals surface area contributed by atoms with Crippen LogP contribution >= 0.6 is 0 Å². The monoisotopic (exact) mass is 763 g/mol. The van der Waals surface area contributed by atoms with Gasteiger partial charge in [-0.15, -0.1) is 34.9 Å². The third-order valence-corrected chi connectivity index (χ3v) is 7.58. The Balaban J connectivity index is 0.000000562. The number of fused-ring (bicyclic) bond motifs is 1. The summed E-state index contributed by atoms with van der Waals surface area (Å²) in [5, 5.41) is 12.0. The summed E-state index contributed by atoms with van der Waals surface area (Å²) in [6, 6.07) is 17.3. The van der Waals surface area contributed by atoms with Crippen LogP contribution in [0.1, 0.15) is 106 Å². The van der Waals surface area contributed by atoms with Crippen molar-refractivity contribution < 1.29 is 30.0 Å². The van der Waals surface area contributed by atoms with Gasteiger partial charge in [-0.2, -0.15) is 0 Å². The molecule has 1 heterocycles. The number of pyridine rings is 1. The minimum Gasteiger partial charge on any atom is -0.512 e. The van der Waals surface area contributed by atoms with E-state index >= 15 is 0 Å². The van der Waals surface area contributed by atoms with Crippen LogP contribution < -0.4 is 0 Å². The first-order valence-electron chi connectivity index (χ1n) is 16.0. The molecule has 0 amide bonds. The van der Waals surface area contributed by atoms with Crippen LogP contribution in [0.2, 0.25) is 0 Å². The second-order valence-corrected chi connectivity index (χ2v) is 14.2. The Morgan fingerprint density at radius 3 is 2.07 bits per heavy atom. The quantitative estimate of drug-likeness (QED) is 0.120. The van der Waals surface area contributed by atoms with Crippen LogP contribution in [0.5, 0.6) is 0 Å². The van der Waals surface area contributed by atoms with Gasteiger partial charge in [-0.05, 0) is 77.5 Å². The van der Waals surface area contributed by atoms with Gasteiger partial charge in [0.25, 0.3) is 0 Å². The number of rotatable bonds is 11. The van der Waals surface area contributed by atoms with Crippen LogP contribution in [0.4, 0.5) is 0 Å². The van der Waals surface area contributed by atoms with Crippen LogP contribution in [0.25, 0.3) is 22.0 Å². The Labute approximate surface area is 276 Å². The molecule has 2 aromatic carbocycles. The number of hydrogen-bond donors (Lipinski definition) is 1. The zero-order chi connectivity index (χ0) is 31.6. The molecule has 1 radical (unpaired) electrons. The van der Waals surface area contributed by atoms with Crippen LogP contribution in [0.15, 0.2) is 54.4 Å². The predicted molar refractivity (Wildman–Crippen MR) is 181 cm³/mol. The first-order valence-corrected chi connectivity index (χ1v) is 16.0. The Morgan fingerprint density at radius 2 is 1.51 bits per heavy atom. The van der Waals surface area contributed by atoms with Crippen LogP contribution in [0, 0.1) is 35.2 Å². The van der Waals surface area contributed by atoms with Gasteiger partial charge in [0.2, 0.25) is 0 Å². The fourth-order valence-electron chi connectivity index (χ4n) is 4.97. The van der Waals surface area contributed by atoms with Crippen molar-refractivity contribution in [2.75, 3.05) is 0 Å². The molecule has 1 aromatic heterocycles. The molecule has 0 aliphatic carbocycles. The van der Waals surface area contributed by atoms with E-state index in [0.717, 1.165) is 43.4 Å². The molecule has 239 valence electrons. The fraction of sp³-hybridized carbons (Fsp3) is 0.538. The minimum atomic E-state index is 0. The molecule has 0 spiro atoms. The number of ketones is 1. The second-order valence-electron chi connectivity index (χ2n) is 14.2. The molecule has 0 aliphatic rings. The third kappa shape index (κ3) is 13.1. The number of hydrogen-bond acceptors (Lipinski definition) is 3. The number of nitrogens with zero attached hydrogens (tertiary/aromatic N) is 1. The molecule has 3 rings (SSSR count). The van der Waals surface area contributed by atoms with Crippen molar-refractivity contribution in [3.05, 3.63) is 77.2 Å². The third-order valence-electron chi connectivity index (χ3n) is 7.58. The molecular weight excluding hydrogens is 707 g/mol. The van der Waals surface area contributed by atoms with Gasteiger partial charge >= 0.3 is 0 Å². The molecule has 3 aromatic rings. The van der Waals surface area contributed by atoms with Gasteiger partial charge in [0.15, 0.2) is 5.78 Å². The maximum Gasteiger partial charge on any atom is 0.161 e. The predicted octanol–water partition coefficient (Wildman–Crippen LogP) is 10.8. The molecule has 0 aliphatic heterocycles. The van der Waals surface area contributed by atoms with Crippen molar-refractivity contribution in [3.8, 4) is 11.3 Å². The normalized spacial score (nSPS) is 13.4. The van der Waals surface area contributed by atoms with Crippen molar-refractivity contribution >= 4 is 16.6 Å². The molecule has 1 N–H and O–H groups in total. The Morgan fingerprint density at radius 1 is 0.884 bits per heavy atom. The summed E-state index contributed by atoms with van der Waals surface area (Å²) in [4.78, 5) is 16.2. The van der Waals surface area contributed by atoms with Gasteiger partial charge in [0.05, 0.1) is 5.76 Å². The summed E-state index contributed by atoms with van der Waals surface area (Å²) in [5.41, 5.74) is 6.56. The van der Waals surface area contributed by atoms with Crippen LogP contribution in [0.3, 0.4) is 0 Å². The van der Waals surface area contributed by atoms with E-state index in [1.54, 1.807) is 0 Å². The summed E-state index contributed by atoms with van der Waals surface area (Å²) in [7, 11) is 0. The zero-order valence-corrected chi connectivity index (χ0v) is 31.0. The van der Waals surface area contributed by atoms with Crippen molar-refractivity contribution in [1.29, 1.82) is 0 Å². The van der Waals surface area contributed by atoms with Gasteiger partial charge in [-0.3, -0.25) is 4.79 Å². The van der Waals surface area contributed by atoms with Gasteiger partial charge in [-0.1, -0.05) is 94.4 Å². The van der Waals surface area contributed by atoms with Crippen molar-refractivity contribution in [2.24, 2.45) is 29.1 Å². The number of aromatic nitrogens is 1. The summed E-state index contributed by atoms with van der Waals surface area (Å²) in [6.07, 6.45) is 8.23. The van der Waals surface area contributed by atoms with Gasteiger partial charge in [0.1, 0.15) is 0 Å². The molecule has 0 saturated carbocycles. The van der Waals surface area contributed by atoms with E-state index in [-0.39, 0.29) is 48.9 Å². The molecule has 0 fully saturated rings. The molecule has 2 atom stereocenters. The first-order chi connectivity index (χ1) is 19.6. The van der Waals surface area contributed by atoms with Gasteiger partial charge in [-0.25, -0.2) is 0 Å². The maximum absolute atomic E-state index is 11.4. The van der Waals surface area contributed by atoms with E-state index in [9.17, 15) is 9.90 Å². The first kappa shape index (κ1) is 38.7. The Bertz CT molecular complexity index is 1300. The number of carbonyl (C=O) groups is 1. The molecule has 0 saturated heterocycles. The van der Waals surface area contributed by atoms with Crippen LogP contribution in [-0.2, 0) is 44.2 Å². The topological polar surface area (TPSA) is 50.2 Å². The van der Waals surface area contributed by atoms with E-state index in [1.165, 1.54) is 33.5 Å². The molecule has 43 heavy (non-hydrogen) atoms. The zero-order valence-electron chi connectivity index (χ0n) is 28.6. The van der Waals surface area contributed by atoms with E-state index in [4.69, 9.17) is 4.98 Å². The number of benzene rings is 2. The number of carbonyl (C=O) groups excluding carboxylic acids is 1. The molecular formula is C39H56IrNO2-. The minimum absolute atomic E-state index is 0. The number of aliphatic hydroxyl groups is 1. The summed E-state index contributed by atoms with van der Waals surface area (Å²) in [5.74, 6) is 1.61. The van der Waals surface area contributed by atoms with E-state index in [2.05, 4.69) is 90.9 Å². The maximum atomic E-state index is 11.4. The standard InChI is InChI=1S/C28H36N.C11H20O2.Ir/c1-19(2)12-22-14-23(13-20(3)4)17-25(16-22)27-26-9-8-21(18-28(5,6)7)15-24(26)10-11-29-27;1-5-8(3)10(12)7-11(13)9(4)6-2;/h8-11,14-16,19-20H,12-13,18H2,1-7H3;7-9,12H,5-6H2,1-4H3;/q-1;;/b;10-7-;. The van der Waals surface area contributed by atoms with E-state index in [1.807, 2.05) is 33.9 Å². The largest absolute Gasteiger partial charge is 0.512 e.